The Morgan fingerprint density at radius 1 is 1.22 bits per heavy atom. The number of nitrogens with one attached hydrogen (secondary N) is 1. The van der Waals surface area contributed by atoms with Gasteiger partial charge in [-0.05, 0) is 17.7 Å². The van der Waals surface area contributed by atoms with Crippen LogP contribution in [-0.2, 0) is 16.1 Å². The summed E-state index contributed by atoms with van der Waals surface area (Å²) >= 11 is 12.0. The zero-order valence-corrected chi connectivity index (χ0v) is 13.5. The van der Waals surface area contributed by atoms with E-state index in [2.05, 4.69) is 5.32 Å². The molecular weight excluding hydrogens is 337 g/mol. The molecule has 0 saturated heterocycles. The van der Waals surface area contributed by atoms with Gasteiger partial charge < -0.3 is 10.1 Å². The van der Waals surface area contributed by atoms with Gasteiger partial charge in [-0.25, -0.2) is 4.79 Å². The standard InChI is InChI=1S/C17H13Cl2NO3/c18-11-6-12(19)16-13(7-11)20-14(8-15(16)21)17(22)23-9-10-4-2-1-3-5-10/h1-7,14,20H,8-9H2/t14-/m0/s1. The molecule has 0 saturated carbocycles. The number of ether oxygens (including phenoxy) is 1. The van der Waals surface area contributed by atoms with E-state index in [1.54, 1.807) is 6.07 Å². The second-order valence-corrected chi connectivity index (χ2v) is 6.07. The van der Waals surface area contributed by atoms with Crippen LogP contribution in [0.2, 0.25) is 10.0 Å². The Kier molecular flexibility index (Phi) is 4.55. The van der Waals surface area contributed by atoms with Crippen molar-refractivity contribution in [2.75, 3.05) is 5.32 Å². The van der Waals surface area contributed by atoms with Crippen LogP contribution in [0.3, 0.4) is 0 Å². The molecule has 1 N–H and O–H groups in total. The van der Waals surface area contributed by atoms with Crippen LogP contribution in [0, 0.1) is 0 Å². The van der Waals surface area contributed by atoms with Gasteiger partial charge in [0.1, 0.15) is 12.6 Å². The molecule has 6 heteroatoms. The van der Waals surface area contributed by atoms with E-state index in [4.69, 9.17) is 27.9 Å². The number of esters is 1. The summed E-state index contributed by atoms with van der Waals surface area (Å²) in [6, 6.07) is 11.7. The quantitative estimate of drug-likeness (QED) is 0.847. The molecule has 1 heterocycles. The molecule has 118 valence electrons. The van der Waals surface area contributed by atoms with Crippen LogP contribution in [0.5, 0.6) is 0 Å². The van der Waals surface area contributed by atoms with Crippen LogP contribution in [0.1, 0.15) is 22.3 Å². The van der Waals surface area contributed by atoms with Crippen molar-refractivity contribution in [2.45, 2.75) is 19.1 Å². The molecule has 4 nitrogen and oxygen atoms in total. The van der Waals surface area contributed by atoms with Crippen molar-refractivity contribution in [2.24, 2.45) is 0 Å². The summed E-state index contributed by atoms with van der Waals surface area (Å²) in [6.45, 7) is 0.162. The molecule has 0 spiro atoms. The first-order valence-corrected chi connectivity index (χ1v) is 7.79. The lowest BCUT2D eigenvalue weighted by Gasteiger charge is -2.25. The fourth-order valence-corrected chi connectivity index (χ4v) is 3.07. The highest BCUT2D eigenvalue weighted by Gasteiger charge is 2.32. The Hall–Kier alpha value is -2.04. The van der Waals surface area contributed by atoms with Crippen LogP contribution in [0.25, 0.3) is 0 Å². The van der Waals surface area contributed by atoms with Gasteiger partial charge in [0.2, 0.25) is 0 Å². The highest BCUT2D eigenvalue weighted by molar-refractivity contribution is 6.38. The molecule has 2 aromatic rings. The first-order valence-electron chi connectivity index (χ1n) is 7.04. The molecule has 0 aromatic heterocycles. The molecule has 0 bridgehead atoms. The first kappa shape index (κ1) is 15.8. The Labute approximate surface area is 143 Å². The third-order valence-corrected chi connectivity index (χ3v) is 4.08. The van der Waals surface area contributed by atoms with Crippen LogP contribution < -0.4 is 5.32 Å². The number of ketones is 1. The molecule has 0 unspecified atom stereocenters. The van der Waals surface area contributed by atoms with Gasteiger partial charge in [0.05, 0.1) is 10.6 Å². The number of halogens is 2. The molecule has 0 radical (unpaired) electrons. The average Bonchev–Trinajstić information content (AvgIpc) is 2.52. The average molecular weight is 350 g/mol. The number of anilines is 1. The maximum Gasteiger partial charge on any atom is 0.329 e. The van der Waals surface area contributed by atoms with Gasteiger partial charge >= 0.3 is 5.97 Å². The fourth-order valence-electron chi connectivity index (χ4n) is 2.47. The predicted molar refractivity (Wildman–Crippen MR) is 89.1 cm³/mol. The molecule has 1 aliphatic heterocycles. The van der Waals surface area contributed by atoms with Gasteiger partial charge in [-0.3, -0.25) is 4.79 Å². The van der Waals surface area contributed by atoms with Crippen molar-refractivity contribution in [3.8, 4) is 0 Å². The van der Waals surface area contributed by atoms with Gasteiger partial charge in [-0.2, -0.15) is 0 Å². The summed E-state index contributed by atoms with van der Waals surface area (Å²) in [5.41, 5.74) is 1.71. The number of rotatable bonds is 3. The molecular formula is C17H13Cl2NO3. The van der Waals surface area contributed by atoms with Crippen LogP contribution in [0.15, 0.2) is 42.5 Å². The van der Waals surface area contributed by atoms with Gasteiger partial charge in [0, 0.05) is 17.1 Å². The molecule has 0 aliphatic carbocycles. The van der Waals surface area contributed by atoms with Crippen molar-refractivity contribution in [1.82, 2.24) is 0 Å². The van der Waals surface area contributed by atoms with E-state index in [1.807, 2.05) is 30.3 Å². The number of hydrogen-bond acceptors (Lipinski definition) is 4. The van der Waals surface area contributed by atoms with Gasteiger partial charge in [-0.15, -0.1) is 0 Å². The lowest BCUT2D eigenvalue weighted by Crippen LogP contribution is -2.37. The maximum atomic E-state index is 12.2. The summed E-state index contributed by atoms with van der Waals surface area (Å²) in [5.74, 6) is -0.689. The summed E-state index contributed by atoms with van der Waals surface area (Å²) in [6.07, 6.45) is 0.00196. The molecule has 3 rings (SSSR count). The predicted octanol–water partition coefficient (Wildman–Crippen LogP) is 4.10. The van der Waals surface area contributed by atoms with E-state index in [9.17, 15) is 9.59 Å². The smallest absolute Gasteiger partial charge is 0.329 e. The minimum absolute atomic E-state index is 0.00196. The van der Waals surface area contributed by atoms with Crippen LogP contribution in [0.4, 0.5) is 5.69 Å². The number of benzene rings is 2. The number of hydrogen-bond donors (Lipinski definition) is 1. The van der Waals surface area contributed by atoms with Gasteiger partial charge in [0.15, 0.2) is 5.78 Å². The zero-order chi connectivity index (χ0) is 16.4. The summed E-state index contributed by atoms with van der Waals surface area (Å²) in [4.78, 5) is 24.4. The zero-order valence-electron chi connectivity index (χ0n) is 12.0. The van der Waals surface area contributed by atoms with Crippen LogP contribution in [-0.4, -0.2) is 17.8 Å². The second-order valence-electron chi connectivity index (χ2n) is 5.23. The summed E-state index contributed by atoms with van der Waals surface area (Å²) < 4.78 is 5.27. The van der Waals surface area contributed by atoms with Crippen molar-refractivity contribution < 1.29 is 14.3 Å². The monoisotopic (exact) mass is 349 g/mol. The van der Waals surface area contributed by atoms with E-state index < -0.39 is 12.0 Å². The van der Waals surface area contributed by atoms with Crippen molar-refractivity contribution in [3.05, 3.63) is 63.6 Å². The highest BCUT2D eigenvalue weighted by atomic mass is 35.5. The van der Waals surface area contributed by atoms with E-state index in [1.165, 1.54) is 6.07 Å². The van der Waals surface area contributed by atoms with E-state index in [0.717, 1.165) is 5.56 Å². The molecule has 1 atom stereocenters. The van der Waals surface area contributed by atoms with E-state index in [-0.39, 0.29) is 23.8 Å². The van der Waals surface area contributed by atoms with Crippen LogP contribution >= 0.6 is 23.2 Å². The van der Waals surface area contributed by atoms with Gasteiger partial charge in [-0.1, -0.05) is 53.5 Å². The van der Waals surface area contributed by atoms with Gasteiger partial charge in [0.25, 0.3) is 0 Å². The molecule has 1 aliphatic rings. The topological polar surface area (TPSA) is 55.4 Å². The SMILES string of the molecule is O=C1C[C@@H](C(=O)OCc2ccccc2)Nc2cc(Cl)cc(Cl)c21. The Bertz CT molecular complexity index is 762. The Morgan fingerprint density at radius 3 is 2.70 bits per heavy atom. The lowest BCUT2D eigenvalue weighted by atomic mass is 9.96. The molecule has 0 fully saturated rings. The number of carbonyl (C=O) groups is 2. The molecule has 0 amide bonds. The number of carbonyl (C=O) groups excluding carboxylic acids is 2. The normalized spacial score (nSPS) is 16.4. The maximum absolute atomic E-state index is 12.2. The first-order chi connectivity index (χ1) is 11.0. The lowest BCUT2D eigenvalue weighted by molar-refractivity contribution is -0.145. The van der Waals surface area contributed by atoms with Crippen molar-refractivity contribution >= 4 is 40.6 Å². The highest BCUT2D eigenvalue weighted by Crippen LogP contribution is 2.34. The number of fused-ring (bicyclic) bond motifs is 1. The van der Waals surface area contributed by atoms with E-state index >= 15 is 0 Å². The number of Topliss-reactive ketones (excluding diaryl/α,β-unsaturated/α-hetero) is 1. The van der Waals surface area contributed by atoms with E-state index in [0.29, 0.717) is 16.3 Å². The van der Waals surface area contributed by atoms with Crippen molar-refractivity contribution in [1.29, 1.82) is 0 Å². The summed E-state index contributed by atoms with van der Waals surface area (Å²) in [7, 11) is 0. The minimum atomic E-state index is -0.742. The largest absolute Gasteiger partial charge is 0.459 e. The van der Waals surface area contributed by atoms with Crippen molar-refractivity contribution in [3.63, 3.8) is 0 Å². The third-order valence-electron chi connectivity index (χ3n) is 3.56. The third kappa shape index (κ3) is 3.49. The molecule has 23 heavy (non-hydrogen) atoms. The minimum Gasteiger partial charge on any atom is -0.459 e. The second kappa shape index (κ2) is 6.60. The Balaban J connectivity index is 1.72. The Morgan fingerprint density at radius 2 is 1.96 bits per heavy atom. The molecule has 2 aromatic carbocycles. The summed E-state index contributed by atoms with van der Waals surface area (Å²) in [5, 5.41) is 3.66. The fraction of sp³-hybridized carbons (Fsp3) is 0.176.